The summed E-state index contributed by atoms with van der Waals surface area (Å²) >= 11 is 2.58. The molecule has 1 saturated heterocycles. The van der Waals surface area contributed by atoms with Gasteiger partial charge in [-0.1, -0.05) is 23.9 Å². The number of nitrogens with zero attached hydrogens (tertiary/aromatic N) is 1. The summed E-state index contributed by atoms with van der Waals surface area (Å²) in [5.74, 6) is -2.56. The fourth-order valence-electron chi connectivity index (χ4n) is 3.28. The highest BCUT2D eigenvalue weighted by atomic mass is 32.2. The summed E-state index contributed by atoms with van der Waals surface area (Å²) < 4.78 is 29.0. The molecule has 1 aliphatic heterocycles. The summed E-state index contributed by atoms with van der Waals surface area (Å²) in [7, 11) is 0. The Bertz CT molecular complexity index is 1010. The lowest BCUT2D eigenvalue weighted by atomic mass is 9.99. The van der Waals surface area contributed by atoms with E-state index in [1.54, 1.807) is 0 Å². The van der Waals surface area contributed by atoms with Crippen molar-refractivity contribution in [1.29, 1.82) is 0 Å². The smallest absolute Gasteiger partial charge is 0.303 e. The molecular formula is C21H23NO9S2. The van der Waals surface area contributed by atoms with Crippen LogP contribution in [0.15, 0.2) is 28.6 Å². The molecule has 1 fully saturated rings. The third kappa shape index (κ3) is 6.65. The lowest BCUT2D eigenvalue weighted by Gasteiger charge is -2.43. The van der Waals surface area contributed by atoms with Crippen LogP contribution in [-0.2, 0) is 42.9 Å². The van der Waals surface area contributed by atoms with E-state index in [-0.39, 0.29) is 6.61 Å². The first-order valence-electron chi connectivity index (χ1n) is 9.96. The Kier molecular flexibility index (Phi) is 8.27. The standard InChI is InChI=1S/C21H23NO9S2/c1-10(23)27-9-15-17(28-11(2)24)18(29-12(3)25)19(30-13(4)26)20(31-15)33-21-22-14-7-5-6-8-16(14)32-21/h5-8,15,17-20H,9H2,1-4H3/t15-,17-,18+,19-,20?/m0/s1. The summed E-state index contributed by atoms with van der Waals surface area (Å²) in [6.45, 7) is 4.52. The molecule has 1 aromatic carbocycles. The molecule has 1 aromatic heterocycles. The van der Waals surface area contributed by atoms with Crippen LogP contribution in [0.1, 0.15) is 27.7 Å². The maximum atomic E-state index is 11.9. The maximum absolute atomic E-state index is 11.9. The van der Waals surface area contributed by atoms with E-state index in [1.165, 1.54) is 50.8 Å². The van der Waals surface area contributed by atoms with Crippen LogP contribution < -0.4 is 0 Å². The maximum Gasteiger partial charge on any atom is 0.303 e. The van der Waals surface area contributed by atoms with Gasteiger partial charge in [0.15, 0.2) is 28.1 Å². The zero-order valence-electron chi connectivity index (χ0n) is 18.3. The molecular weight excluding hydrogens is 474 g/mol. The number of hydrogen-bond donors (Lipinski definition) is 0. The Morgan fingerprint density at radius 1 is 0.909 bits per heavy atom. The van der Waals surface area contributed by atoms with Crippen molar-refractivity contribution in [2.75, 3.05) is 6.61 Å². The van der Waals surface area contributed by atoms with Crippen molar-refractivity contribution < 1.29 is 42.9 Å². The highest BCUT2D eigenvalue weighted by Gasteiger charge is 2.52. The van der Waals surface area contributed by atoms with Crippen molar-refractivity contribution >= 4 is 57.2 Å². The molecule has 12 heteroatoms. The lowest BCUT2D eigenvalue weighted by Crippen LogP contribution is -2.61. The minimum absolute atomic E-state index is 0.269. The predicted octanol–water partition coefficient (Wildman–Crippen LogP) is 2.47. The number of rotatable bonds is 7. The predicted molar refractivity (Wildman–Crippen MR) is 117 cm³/mol. The minimum atomic E-state index is -1.20. The van der Waals surface area contributed by atoms with E-state index < -0.39 is 53.7 Å². The van der Waals surface area contributed by atoms with Gasteiger partial charge in [0.25, 0.3) is 0 Å². The fourth-order valence-corrected chi connectivity index (χ4v) is 5.62. The number of esters is 4. The normalized spacial score (nSPS) is 24.7. The van der Waals surface area contributed by atoms with E-state index in [9.17, 15) is 19.2 Å². The summed E-state index contributed by atoms with van der Waals surface area (Å²) in [5, 5.41) is 0. The molecule has 1 aliphatic rings. The molecule has 178 valence electrons. The molecule has 10 nitrogen and oxygen atoms in total. The molecule has 0 spiro atoms. The highest BCUT2D eigenvalue weighted by Crippen LogP contribution is 2.40. The van der Waals surface area contributed by atoms with Crippen LogP contribution in [0.3, 0.4) is 0 Å². The lowest BCUT2D eigenvalue weighted by molar-refractivity contribution is -0.237. The van der Waals surface area contributed by atoms with Gasteiger partial charge in [0.05, 0.1) is 10.2 Å². The first kappa shape index (κ1) is 24.9. The summed E-state index contributed by atoms with van der Waals surface area (Å²) in [6, 6.07) is 7.54. The van der Waals surface area contributed by atoms with Gasteiger partial charge in [-0.25, -0.2) is 4.98 Å². The molecule has 3 rings (SSSR count). The van der Waals surface area contributed by atoms with Crippen molar-refractivity contribution in [1.82, 2.24) is 4.98 Å². The van der Waals surface area contributed by atoms with E-state index in [4.69, 9.17) is 23.7 Å². The summed E-state index contributed by atoms with van der Waals surface area (Å²) in [6.07, 6.45) is -4.49. The number of ether oxygens (including phenoxy) is 5. The van der Waals surface area contributed by atoms with Gasteiger partial charge in [-0.05, 0) is 12.1 Å². The van der Waals surface area contributed by atoms with Gasteiger partial charge in [-0.15, -0.1) is 11.3 Å². The number of thioether (sulfide) groups is 1. The quantitative estimate of drug-likeness (QED) is 0.413. The van der Waals surface area contributed by atoms with Gasteiger partial charge < -0.3 is 23.7 Å². The number of aromatic nitrogens is 1. The topological polar surface area (TPSA) is 127 Å². The van der Waals surface area contributed by atoms with Crippen LogP contribution >= 0.6 is 23.1 Å². The Morgan fingerprint density at radius 2 is 1.52 bits per heavy atom. The first-order valence-corrected chi connectivity index (χ1v) is 11.7. The molecule has 0 aliphatic carbocycles. The number of hydrogen-bond acceptors (Lipinski definition) is 12. The molecule has 0 amide bonds. The third-order valence-electron chi connectivity index (χ3n) is 4.44. The second-order valence-corrected chi connectivity index (χ2v) is 9.51. The molecule has 0 bridgehead atoms. The van der Waals surface area contributed by atoms with Crippen LogP contribution in [0, 0.1) is 0 Å². The molecule has 33 heavy (non-hydrogen) atoms. The molecule has 0 radical (unpaired) electrons. The van der Waals surface area contributed by atoms with E-state index in [0.717, 1.165) is 10.2 Å². The monoisotopic (exact) mass is 497 g/mol. The minimum Gasteiger partial charge on any atom is -0.463 e. The molecule has 0 N–H and O–H groups in total. The molecule has 1 unspecified atom stereocenters. The van der Waals surface area contributed by atoms with Crippen molar-refractivity contribution in [3.63, 3.8) is 0 Å². The van der Waals surface area contributed by atoms with Crippen molar-refractivity contribution in [2.45, 2.75) is 61.9 Å². The third-order valence-corrected chi connectivity index (χ3v) is 6.71. The average Bonchev–Trinajstić information content (AvgIpc) is 3.12. The van der Waals surface area contributed by atoms with Gasteiger partial charge in [0.1, 0.15) is 12.7 Å². The second-order valence-electron chi connectivity index (χ2n) is 7.13. The van der Waals surface area contributed by atoms with Crippen molar-refractivity contribution in [3.05, 3.63) is 24.3 Å². The number of thiazole rings is 1. The van der Waals surface area contributed by atoms with E-state index in [0.29, 0.717) is 4.34 Å². The molecule has 0 saturated carbocycles. The molecule has 2 heterocycles. The Hall–Kier alpha value is -2.70. The Balaban J connectivity index is 1.98. The molecule has 5 atom stereocenters. The van der Waals surface area contributed by atoms with Gasteiger partial charge in [-0.3, -0.25) is 19.2 Å². The van der Waals surface area contributed by atoms with Gasteiger partial charge in [0, 0.05) is 27.7 Å². The fraction of sp³-hybridized carbons (Fsp3) is 0.476. The second kappa shape index (κ2) is 10.9. The zero-order valence-corrected chi connectivity index (χ0v) is 20.0. The van der Waals surface area contributed by atoms with Crippen LogP contribution in [0.25, 0.3) is 10.2 Å². The van der Waals surface area contributed by atoms with Gasteiger partial charge >= 0.3 is 23.9 Å². The van der Waals surface area contributed by atoms with E-state index in [1.807, 2.05) is 24.3 Å². The zero-order chi connectivity index (χ0) is 24.1. The molecule has 2 aromatic rings. The number of fused-ring (bicyclic) bond motifs is 1. The Morgan fingerprint density at radius 3 is 2.12 bits per heavy atom. The van der Waals surface area contributed by atoms with E-state index in [2.05, 4.69) is 4.98 Å². The van der Waals surface area contributed by atoms with E-state index >= 15 is 0 Å². The number of carbonyl (C=O) groups excluding carboxylic acids is 4. The SMILES string of the molecule is CC(=O)OC[C@@H]1OC(Sc2nc3ccccc3s2)[C@@H](OC(C)=O)[C@H](OC(C)=O)[C@H]1OC(C)=O. The van der Waals surface area contributed by atoms with Crippen LogP contribution in [0.5, 0.6) is 0 Å². The number of benzene rings is 1. The van der Waals surface area contributed by atoms with Crippen LogP contribution in [0.4, 0.5) is 0 Å². The summed E-state index contributed by atoms with van der Waals surface area (Å²) in [5.41, 5.74) is -0.109. The largest absolute Gasteiger partial charge is 0.463 e. The van der Waals surface area contributed by atoms with Crippen LogP contribution in [-0.4, -0.2) is 65.3 Å². The Labute approximate surface area is 197 Å². The number of carbonyl (C=O) groups is 4. The highest BCUT2D eigenvalue weighted by molar-refractivity contribution is 8.01. The number of para-hydroxylation sites is 1. The van der Waals surface area contributed by atoms with Crippen LogP contribution in [0.2, 0.25) is 0 Å². The van der Waals surface area contributed by atoms with Gasteiger partial charge in [0.2, 0.25) is 0 Å². The van der Waals surface area contributed by atoms with Crippen molar-refractivity contribution in [2.24, 2.45) is 0 Å². The average molecular weight is 498 g/mol. The summed E-state index contributed by atoms with van der Waals surface area (Å²) in [4.78, 5) is 51.5. The van der Waals surface area contributed by atoms with Gasteiger partial charge in [-0.2, -0.15) is 0 Å². The first-order chi connectivity index (χ1) is 15.6. The van der Waals surface area contributed by atoms with Crippen molar-refractivity contribution in [3.8, 4) is 0 Å².